The fourth-order valence-electron chi connectivity index (χ4n) is 4.08. The Balaban J connectivity index is 0.00000240. The first-order valence-corrected chi connectivity index (χ1v) is 11.0. The van der Waals surface area contributed by atoms with Crippen molar-refractivity contribution in [2.45, 2.75) is 44.2 Å². The molecule has 7 nitrogen and oxygen atoms in total. The van der Waals surface area contributed by atoms with Gasteiger partial charge in [0.2, 0.25) is 0 Å². The van der Waals surface area contributed by atoms with Crippen LogP contribution in [0.4, 0.5) is 0 Å². The second kappa shape index (κ2) is 12.1. The molecule has 2 saturated heterocycles. The van der Waals surface area contributed by atoms with Crippen LogP contribution in [0.2, 0.25) is 0 Å². The summed E-state index contributed by atoms with van der Waals surface area (Å²) in [6.07, 6.45) is 7.83. The van der Waals surface area contributed by atoms with Crippen LogP contribution >= 0.6 is 24.0 Å². The van der Waals surface area contributed by atoms with Crippen LogP contribution in [-0.2, 0) is 11.2 Å². The van der Waals surface area contributed by atoms with E-state index in [0.717, 1.165) is 70.1 Å². The van der Waals surface area contributed by atoms with Gasteiger partial charge in [-0.2, -0.15) is 0 Å². The Bertz CT molecular complexity index is 594. The molecule has 0 unspecified atom stereocenters. The number of ether oxygens (including phenoxy) is 1. The summed E-state index contributed by atoms with van der Waals surface area (Å²) in [4.78, 5) is 9.96. The zero-order chi connectivity index (χ0) is 19.0. The van der Waals surface area contributed by atoms with Gasteiger partial charge in [-0.1, -0.05) is 0 Å². The Hall–Kier alpha value is -0.840. The molecule has 0 bridgehead atoms. The summed E-state index contributed by atoms with van der Waals surface area (Å²) in [5, 5.41) is 7.20. The lowest BCUT2D eigenvalue weighted by molar-refractivity contribution is 0.0394. The Morgan fingerprint density at radius 3 is 2.59 bits per heavy atom. The summed E-state index contributed by atoms with van der Waals surface area (Å²) >= 11 is 0. The van der Waals surface area contributed by atoms with E-state index in [2.05, 4.69) is 20.4 Å². The van der Waals surface area contributed by atoms with Gasteiger partial charge in [0.25, 0.3) is 0 Å². The van der Waals surface area contributed by atoms with E-state index in [-0.39, 0.29) is 24.0 Å². The third-order valence-corrected chi connectivity index (χ3v) is 5.97. The molecule has 0 radical (unpaired) electrons. The molecule has 3 aliphatic rings. The number of hydrogen-bond acceptors (Lipinski definition) is 5. The molecule has 29 heavy (non-hydrogen) atoms. The lowest BCUT2D eigenvalue weighted by atomic mass is 10.1. The van der Waals surface area contributed by atoms with Crippen LogP contribution in [0.3, 0.4) is 0 Å². The lowest BCUT2D eigenvalue weighted by Gasteiger charge is -2.33. The number of aliphatic imine (C=N–C) groups is 1. The van der Waals surface area contributed by atoms with Crippen LogP contribution in [-0.4, -0.2) is 86.9 Å². The number of hydrogen-bond donors (Lipinski definition) is 2. The fraction of sp³-hybridized carbons (Fsp3) is 0.762. The van der Waals surface area contributed by atoms with Crippen molar-refractivity contribution in [2.75, 3.05) is 59.0 Å². The maximum Gasteiger partial charge on any atom is 0.191 e. The first kappa shape index (κ1) is 22.8. The molecule has 0 spiro atoms. The molecule has 0 aromatic carbocycles. The highest BCUT2D eigenvalue weighted by molar-refractivity contribution is 14.0. The van der Waals surface area contributed by atoms with Gasteiger partial charge in [0.1, 0.15) is 5.76 Å². The fourth-order valence-corrected chi connectivity index (χ4v) is 4.08. The highest BCUT2D eigenvalue weighted by Crippen LogP contribution is 2.29. The summed E-state index contributed by atoms with van der Waals surface area (Å²) < 4.78 is 10.9. The number of rotatable bonds is 8. The second-order valence-electron chi connectivity index (χ2n) is 8.13. The monoisotopic (exact) mass is 517 g/mol. The highest BCUT2D eigenvalue weighted by Gasteiger charge is 2.31. The van der Waals surface area contributed by atoms with Crippen LogP contribution in [0.5, 0.6) is 0 Å². The van der Waals surface area contributed by atoms with Crippen molar-refractivity contribution in [3.05, 3.63) is 24.2 Å². The third kappa shape index (κ3) is 7.73. The molecule has 1 saturated carbocycles. The van der Waals surface area contributed by atoms with Crippen molar-refractivity contribution in [1.82, 2.24) is 20.4 Å². The SMILES string of the molecule is I.c1coc(CCNC(=NCCN2CCOCC2)NC2CCN(C3CC3)CC2)c1. The van der Waals surface area contributed by atoms with Crippen molar-refractivity contribution in [3.63, 3.8) is 0 Å². The molecule has 164 valence electrons. The molecular weight excluding hydrogens is 481 g/mol. The van der Waals surface area contributed by atoms with Crippen molar-refractivity contribution >= 4 is 29.9 Å². The van der Waals surface area contributed by atoms with Gasteiger partial charge in [-0.15, -0.1) is 24.0 Å². The van der Waals surface area contributed by atoms with Crippen LogP contribution in [0, 0.1) is 0 Å². The quantitative estimate of drug-likeness (QED) is 0.312. The van der Waals surface area contributed by atoms with Crippen LogP contribution in [0.25, 0.3) is 0 Å². The Morgan fingerprint density at radius 1 is 1.10 bits per heavy atom. The summed E-state index contributed by atoms with van der Waals surface area (Å²) in [5.74, 6) is 1.96. The highest BCUT2D eigenvalue weighted by atomic mass is 127. The average molecular weight is 517 g/mol. The van der Waals surface area contributed by atoms with Crippen LogP contribution in [0.1, 0.15) is 31.4 Å². The third-order valence-electron chi connectivity index (χ3n) is 5.97. The molecule has 4 rings (SSSR count). The maximum atomic E-state index is 5.44. The number of likely N-dealkylation sites (tertiary alicyclic amines) is 1. The van der Waals surface area contributed by atoms with E-state index < -0.39 is 0 Å². The van der Waals surface area contributed by atoms with Crippen LogP contribution in [0.15, 0.2) is 27.8 Å². The number of piperidine rings is 1. The summed E-state index contributed by atoms with van der Waals surface area (Å²) in [6, 6.07) is 5.37. The predicted molar refractivity (Wildman–Crippen MR) is 126 cm³/mol. The molecular formula is C21H36IN5O2. The minimum Gasteiger partial charge on any atom is -0.469 e. The van der Waals surface area contributed by atoms with Gasteiger partial charge in [-0.3, -0.25) is 9.89 Å². The zero-order valence-electron chi connectivity index (χ0n) is 17.4. The van der Waals surface area contributed by atoms with Gasteiger partial charge in [-0.05, 0) is 37.8 Å². The first-order valence-electron chi connectivity index (χ1n) is 11.0. The lowest BCUT2D eigenvalue weighted by Crippen LogP contribution is -2.49. The number of halogens is 1. The van der Waals surface area contributed by atoms with E-state index in [9.17, 15) is 0 Å². The molecule has 1 aromatic rings. The van der Waals surface area contributed by atoms with Gasteiger partial charge in [0, 0.05) is 57.8 Å². The van der Waals surface area contributed by atoms with E-state index in [1.54, 1.807) is 6.26 Å². The van der Waals surface area contributed by atoms with Crippen molar-refractivity contribution < 1.29 is 9.15 Å². The summed E-state index contributed by atoms with van der Waals surface area (Å²) in [7, 11) is 0. The minimum atomic E-state index is 0. The van der Waals surface area contributed by atoms with Gasteiger partial charge >= 0.3 is 0 Å². The van der Waals surface area contributed by atoms with Gasteiger partial charge < -0.3 is 24.7 Å². The molecule has 0 atom stereocenters. The number of furan rings is 1. The molecule has 1 aliphatic carbocycles. The van der Waals surface area contributed by atoms with Gasteiger partial charge in [0.05, 0.1) is 26.0 Å². The van der Waals surface area contributed by atoms with E-state index in [1.165, 1.54) is 38.8 Å². The van der Waals surface area contributed by atoms with Crippen LogP contribution < -0.4 is 10.6 Å². The zero-order valence-corrected chi connectivity index (χ0v) is 19.7. The average Bonchev–Trinajstić information content (AvgIpc) is 3.45. The van der Waals surface area contributed by atoms with E-state index in [0.29, 0.717) is 6.04 Å². The molecule has 2 aliphatic heterocycles. The Kier molecular flexibility index (Phi) is 9.54. The molecule has 3 fully saturated rings. The number of guanidine groups is 1. The van der Waals surface area contributed by atoms with Crippen molar-refractivity contribution in [3.8, 4) is 0 Å². The predicted octanol–water partition coefficient (Wildman–Crippen LogP) is 1.93. The maximum absolute atomic E-state index is 5.44. The number of nitrogens with one attached hydrogen (secondary N) is 2. The molecule has 0 amide bonds. The number of nitrogens with zero attached hydrogens (tertiary/aromatic N) is 3. The Labute approximate surface area is 191 Å². The second-order valence-corrected chi connectivity index (χ2v) is 8.13. The topological polar surface area (TPSA) is 65.3 Å². The summed E-state index contributed by atoms with van der Waals surface area (Å²) in [5.41, 5.74) is 0. The van der Waals surface area contributed by atoms with Crippen molar-refractivity contribution in [1.29, 1.82) is 0 Å². The normalized spacial score (nSPS) is 22.3. The van der Waals surface area contributed by atoms with E-state index >= 15 is 0 Å². The minimum absolute atomic E-state index is 0. The van der Waals surface area contributed by atoms with E-state index in [4.69, 9.17) is 14.1 Å². The largest absolute Gasteiger partial charge is 0.469 e. The molecule has 1 aromatic heterocycles. The van der Waals surface area contributed by atoms with Gasteiger partial charge in [-0.25, -0.2) is 0 Å². The standard InChI is InChI=1S/C21H35N5O2.HI/c1-2-20(28-15-1)5-8-22-21(23-9-12-25-13-16-27-17-14-25)24-18-6-10-26(11-7-18)19-3-4-19;/h1-2,15,18-19H,3-14,16-17H2,(H2,22,23,24);1H. The molecule has 2 N–H and O–H groups in total. The van der Waals surface area contributed by atoms with Gasteiger partial charge in [0.15, 0.2) is 5.96 Å². The molecule has 3 heterocycles. The number of morpholine rings is 1. The Morgan fingerprint density at radius 2 is 1.90 bits per heavy atom. The molecule has 8 heteroatoms. The van der Waals surface area contributed by atoms with E-state index in [1.807, 2.05) is 12.1 Å². The smallest absolute Gasteiger partial charge is 0.191 e. The summed E-state index contributed by atoms with van der Waals surface area (Å²) in [6.45, 7) is 8.80. The van der Waals surface area contributed by atoms with Crippen molar-refractivity contribution in [2.24, 2.45) is 4.99 Å². The first-order chi connectivity index (χ1) is 13.9.